The minimum atomic E-state index is -4.69. The fraction of sp³-hybridized carbons (Fsp3) is 0.472. The summed E-state index contributed by atoms with van der Waals surface area (Å²) in [7, 11) is -2.48. The molecule has 290 valence electrons. The molecule has 13 nitrogen and oxygen atoms in total. The van der Waals surface area contributed by atoms with Gasteiger partial charge in [0.2, 0.25) is 27.7 Å². The number of sulfonamides is 1. The smallest absolute Gasteiger partial charge is 0.417 e. The van der Waals surface area contributed by atoms with Crippen LogP contribution in [0.2, 0.25) is 5.02 Å². The molecule has 5 atom stereocenters. The van der Waals surface area contributed by atoms with Crippen molar-refractivity contribution in [3.8, 4) is 11.6 Å². The third-order valence-electron chi connectivity index (χ3n) is 9.86. The Morgan fingerprint density at radius 2 is 1.83 bits per heavy atom. The van der Waals surface area contributed by atoms with Crippen LogP contribution in [0.3, 0.4) is 0 Å². The Morgan fingerprint density at radius 3 is 2.44 bits per heavy atom. The van der Waals surface area contributed by atoms with Gasteiger partial charge in [0, 0.05) is 40.5 Å². The van der Waals surface area contributed by atoms with E-state index in [0.29, 0.717) is 40.6 Å². The number of pyridine rings is 2. The van der Waals surface area contributed by atoms with Gasteiger partial charge in [0.05, 0.1) is 36.4 Å². The summed E-state index contributed by atoms with van der Waals surface area (Å²) in [5.41, 5.74) is -3.65. The fourth-order valence-electron chi connectivity index (χ4n) is 6.63. The van der Waals surface area contributed by atoms with E-state index >= 15 is 0 Å². The van der Waals surface area contributed by atoms with Crippen LogP contribution in [-0.4, -0.2) is 83.6 Å². The first-order chi connectivity index (χ1) is 25.3. The van der Waals surface area contributed by atoms with Crippen LogP contribution in [0.5, 0.6) is 11.6 Å². The molecule has 1 unspecified atom stereocenters. The number of anilines is 1. The second-order valence-electron chi connectivity index (χ2n) is 14.9. The Balaban J connectivity index is 1.33. The first kappa shape index (κ1) is 39.1. The van der Waals surface area contributed by atoms with Crippen molar-refractivity contribution in [3.05, 3.63) is 66.1 Å². The molecular weight excluding hydrogens is 753 g/mol. The van der Waals surface area contributed by atoms with Gasteiger partial charge in [-0.1, -0.05) is 38.4 Å². The number of halogens is 4. The molecule has 3 heterocycles. The predicted octanol–water partition coefficient (Wildman–Crippen LogP) is 4.86. The largest absolute Gasteiger partial charge is 0.494 e. The molecule has 1 saturated heterocycles. The molecule has 0 bridgehead atoms. The van der Waals surface area contributed by atoms with Crippen LogP contribution in [0.15, 0.2) is 55.5 Å². The quantitative estimate of drug-likeness (QED) is 0.216. The lowest BCUT2D eigenvalue weighted by Gasteiger charge is -2.36. The van der Waals surface area contributed by atoms with Gasteiger partial charge in [0.25, 0.3) is 5.91 Å². The maximum atomic E-state index is 14.6. The molecule has 1 aliphatic heterocycles. The van der Waals surface area contributed by atoms with Crippen LogP contribution in [0.1, 0.15) is 52.0 Å². The van der Waals surface area contributed by atoms with Gasteiger partial charge in [-0.3, -0.25) is 24.1 Å². The molecule has 0 spiro atoms. The van der Waals surface area contributed by atoms with Crippen LogP contribution < -0.4 is 24.8 Å². The zero-order chi connectivity index (χ0) is 39.4. The van der Waals surface area contributed by atoms with Gasteiger partial charge >= 0.3 is 6.18 Å². The Hall–Kier alpha value is -4.64. The maximum Gasteiger partial charge on any atom is 0.417 e. The molecule has 0 radical (unpaired) electrons. The number of aromatic nitrogens is 2. The van der Waals surface area contributed by atoms with Gasteiger partial charge < -0.3 is 25.0 Å². The molecule has 3 N–H and O–H groups in total. The number of carbonyl (C=O) groups excluding carboxylic acids is 3. The molecule has 1 aromatic carbocycles. The molecule has 2 aliphatic carbocycles. The van der Waals surface area contributed by atoms with Crippen LogP contribution in [0.4, 0.5) is 18.9 Å². The number of alkyl halides is 3. The lowest BCUT2D eigenvalue weighted by Crippen LogP contribution is -2.58. The number of likely N-dealkylation sites (tertiary alicyclic amines) is 1. The third-order valence-corrected chi connectivity index (χ3v) is 11.9. The lowest BCUT2D eigenvalue weighted by atomic mass is 9.85. The van der Waals surface area contributed by atoms with Crippen LogP contribution in [-0.2, 0) is 30.6 Å². The highest BCUT2D eigenvalue weighted by Gasteiger charge is 2.62. The van der Waals surface area contributed by atoms with Gasteiger partial charge in [-0.05, 0) is 48.9 Å². The Labute approximate surface area is 315 Å². The highest BCUT2D eigenvalue weighted by Crippen LogP contribution is 2.46. The fourth-order valence-corrected chi connectivity index (χ4v) is 8.16. The number of nitrogens with one attached hydrogen (secondary N) is 3. The summed E-state index contributed by atoms with van der Waals surface area (Å²) in [6, 6.07) is 3.42. The van der Waals surface area contributed by atoms with Crippen molar-refractivity contribution in [2.45, 2.75) is 81.6 Å². The molecule has 3 fully saturated rings. The first-order valence-electron chi connectivity index (χ1n) is 17.2. The molecule has 2 aromatic heterocycles. The average molecular weight is 793 g/mol. The summed E-state index contributed by atoms with van der Waals surface area (Å²) in [4.78, 5) is 51.7. The van der Waals surface area contributed by atoms with Crippen molar-refractivity contribution < 1.29 is 45.4 Å². The SMILES string of the molecule is C=C[C@@H]1C[C@]1(NC(=O)[C@@H]1C[C@@H](Oc2ncc(OC)c3ccc(Cl)cc23)CN1C(=O)C(Nc1cncc(C(F)(F)F)c1)C(C)(C)C)C(=O)NS(=O)(=O)C1CC1. The number of nitrogens with zero attached hydrogens (tertiary/aromatic N) is 3. The molecule has 2 saturated carbocycles. The number of hydrogen-bond acceptors (Lipinski definition) is 10. The highest BCUT2D eigenvalue weighted by molar-refractivity contribution is 7.91. The topological polar surface area (TPSA) is 169 Å². The van der Waals surface area contributed by atoms with Crippen molar-refractivity contribution in [3.63, 3.8) is 0 Å². The predicted molar refractivity (Wildman–Crippen MR) is 193 cm³/mol. The molecular formula is C36H40ClF3N6O7S. The normalized spacial score (nSPS) is 23.3. The zero-order valence-electron chi connectivity index (χ0n) is 29.9. The molecule has 18 heteroatoms. The van der Waals surface area contributed by atoms with E-state index in [9.17, 15) is 36.0 Å². The van der Waals surface area contributed by atoms with Crippen LogP contribution >= 0.6 is 11.6 Å². The number of methoxy groups -OCH3 is 1. The third kappa shape index (κ3) is 7.92. The monoisotopic (exact) mass is 792 g/mol. The van der Waals surface area contributed by atoms with E-state index in [4.69, 9.17) is 21.1 Å². The van der Waals surface area contributed by atoms with E-state index in [-0.39, 0.29) is 31.0 Å². The summed E-state index contributed by atoms with van der Waals surface area (Å²) in [6.45, 7) is 8.69. The van der Waals surface area contributed by atoms with Gasteiger partial charge in [0.15, 0.2) is 0 Å². The second-order valence-corrected chi connectivity index (χ2v) is 17.3. The van der Waals surface area contributed by atoms with Gasteiger partial charge in [0.1, 0.15) is 29.5 Å². The molecule has 6 rings (SSSR count). The molecule has 54 heavy (non-hydrogen) atoms. The minimum Gasteiger partial charge on any atom is -0.494 e. The summed E-state index contributed by atoms with van der Waals surface area (Å²) in [6.07, 6.45) is 0.00413. The number of ether oxygens (including phenoxy) is 2. The standard InChI is InChI=1S/C36H40ClF3N6O7S/c1-6-19-14-35(19,33(49)45-54(50,51)24-8-9-24)44-30(47)27-13-23(53-31-26-12-21(37)7-10-25(26)28(52-5)17-42-31)18-46(27)32(48)29(34(2,3)4)43-22-11-20(15-41-16-22)36(38,39)40/h6-7,10-12,15-17,19,23-24,27,29,43H,1,8-9,13-14,18H2,2-5H3,(H,44,47)(H,45,49)/t19-,23-,27+,29?,35-/m1/s1. The highest BCUT2D eigenvalue weighted by atomic mass is 35.5. The summed E-state index contributed by atoms with van der Waals surface area (Å²) < 4.78 is 80.0. The van der Waals surface area contributed by atoms with Crippen molar-refractivity contribution in [1.82, 2.24) is 24.9 Å². The van der Waals surface area contributed by atoms with Gasteiger partial charge in [-0.2, -0.15) is 13.2 Å². The van der Waals surface area contributed by atoms with Crippen molar-refractivity contribution in [1.29, 1.82) is 0 Å². The van der Waals surface area contributed by atoms with E-state index in [1.165, 1.54) is 24.3 Å². The van der Waals surface area contributed by atoms with E-state index in [2.05, 4.69) is 31.9 Å². The Kier molecular flexibility index (Phi) is 10.3. The molecule has 3 amide bonds. The van der Waals surface area contributed by atoms with Gasteiger partial charge in [-0.15, -0.1) is 6.58 Å². The van der Waals surface area contributed by atoms with Gasteiger partial charge in [-0.25, -0.2) is 13.4 Å². The van der Waals surface area contributed by atoms with Crippen LogP contribution in [0, 0.1) is 11.3 Å². The Bertz CT molecular complexity index is 2110. The Morgan fingerprint density at radius 1 is 1.11 bits per heavy atom. The number of carbonyl (C=O) groups is 3. The minimum absolute atomic E-state index is 0.0730. The van der Waals surface area contributed by atoms with Crippen molar-refractivity contribution in [2.24, 2.45) is 11.3 Å². The van der Waals surface area contributed by atoms with E-state index in [0.717, 1.165) is 12.3 Å². The number of benzene rings is 1. The zero-order valence-corrected chi connectivity index (χ0v) is 31.4. The van der Waals surface area contributed by atoms with E-state index in [1.54, 1.807) is 39.0 Å². The number of hydrogen-bond donors (Lipinski definition) is 3. The first-order valence-corrected chi connectivity index (χ1v) is 19.1. The second kappa shape index (κ2) is 14.2. The molecule has 3 aliphatic rings. The number of rotatable bonds is 12. The van der Waals surface area contributed by atoms with Crippen LogP contribution in [0.25, 0.3) is 10.8 Å². The van der Waals surface area contributed by atoms with E-state index < -0.39 is 79.8 Å². The average Bonchev–Trinajstić information content (AvgIpc) is 4.03. The number of fused-ring (bicyclic) bond motifs is 1. The van der Waals surface area contributed by atoms with E-state index in [1.807, 2.05) is 0 Å². The lowest BCUT2D eigenvalue weighted by molar-refractivity contribution is -0.141. The number of amides is 3. The van der Waals surface area contributed by atoms with Crippen molar-refractivity contribution in [2.75, 3.05) is 19.0 Å². The summed E-state index contributed by atoms with van der Waals surface area (Å²) in [5, 5.41) is 6.46. The molecule has 3 aromatic rings. The summed E-state index contributed by atoms with van der Waals surface area (Å²) >= 11 is 6.31. The maximum absolute atomic E-state index is 14.6. The summed E-state index contributed by atoms with van der Waals surface area (Å²) in [5.74, 6) is -2.32. The van der Waals surface area contributed by atoms with Crippen molar-refractivity contribution >= 4 is 55.8 Å².